The van der Waals surface area contributed by atoms with Crippen molar-refractivity contribution >= 4 is 17.3 Å². The van der Waals surface area contributed by atoms with Gasteiger partial charge in [0.15, 0.2) is 0 Å². The first-order valence-corrected chi connectivity index (χ1v) is 7.36. The van der Waals surface area contributed by atoms with Gasteiger partial charge >= 0.3 is 0 Å². The number of nitrogens with zero attached hydrogens (tertiary/aromatic N) is 1. The standard InChI is InChI=1S/C16H25N3O2/c1-11-9-19(10-16(3,4)21-11)12(2)15(20)18-14-8-6-5-7-13(14)17/h5-8,11-12H,9-10,17H2,1-4H3,(H,18,20). The Morgan fingerprint density at radius 3 is 2.76 bits per heavy atom. The van der Waals surface area contributed by atoms with Crippen molar-refractivity contribution in [1.82, 2.24) is 4.90 Å². The fraction of sp³-hybridized carbons (Fsp3) is 0.562. The maximum absolute atomic E-state index is 12.4. The lowest BCUT2D eigenvalue weighted by Crippen LogP contribution is -2.57. The number of rotatable bonds is 3. The highest BCUT2D eigenvalue weighted by Gasteiger charge is 2.35. The minimum Gasteiger partial charge on any atom is -0.397 e. The predicted molar refractivity (Wildman–Crippen MR) is 85.1 cm³/mol. The number of hydrogen-bond donors (Lipinski definition) is 2. The van der Waals surface area contributed by atoms with Crippen LogP contribution < -0.4 is 11.1 Å². The molecule has 2 unspecified atom stereocenters. The van der Waals surface area contributed by atoms with Crippen molar-refractivity contribution in [2.75, 3.05) is 24.1 Å². The van der Waals surface area contributed by atoms with Crippen molar-refractivity contribution in [3.05, 3.63) is 24.3 Å². The Morgan fingerprint density at radius 2 is 2.14 bits per heavy atom. The van der Waals surface area contributed by atoms with Crippen LogP contribution in [-0.4, -0.2) is 41.6 Å². The summed E-state index contributed by atoms with van der Waals surface area (Å²) in [6.07, 6.45) is 0.116. The largest absolute Gasteiger partial charge is 0.397 e. The van der Waals surface area contributed by atoms with E-state index in [2.05, 4.69) is 24.1 Å². The molecule has 1 saturated heterocycles. The van der Waals surface area contributed by atoms with E-state index in [1.165, 1.54) is 0 Å². The fourth-order valence-corrected chi connectivity index (χ4v) is 2.81. The van der Waals surface area contributed by atoms with Gasteiger partial charge in [0.2, 0.25) is 5.91 Å². The number of carbonyl (C=O) groups is 1. The zero-order chi connectivity index (χ0) is 15.6. The van der Waals surface area contributed by atoms with Gasteiger partial charge in [-0.1, -0.05) is 12.1 Å². The Bertz CT molecular complexity index is 516. The van der Waals surface area contributed by atoms with Gasteiger partial charge in [0, 0.05) is 13.1 Å². The third kappa shape index (κ3) is 3.95. The zero-order valence-electron chi connectivity index (χ0n) is 13.2. The topological polar surface area (TPSA) is 67.6 Å². The number of ether oxygens (including phenoxy) is 1. The number of para-hydroxylation sites is 2. The van der Waals surface area contributed by atoms with Crippen LogP contribution in [0.1, 0.15) is 27.7 Å². The second-order valence-electron chi connectivity index (χ2n) is 6.37. The number of nitrogens with one attached hydrogen (secondary N) is 1. The fourth-order valence-electron chi connectivity index (χ4n) is 2.81. The van der Waals surface area contributed by atoms with Gasteiger partial charge < -0.3 is 15.8 Å². The highest BCUT2D eigenvalue weighted by Crippen LogP contribution is 2.23. The van der Waals surface area contributed by atoms with Gasteiger partial charge in [-0.2, -0.15) is 0 Å². The van der Waals surface area contributed by atoms with Crippen LogP contribution in [0.2, 0.25) is 0 Å². The van der Waals surface area contributed by atoms with Crippen molar-refractivity contribution in [2.24, 2.45) is 0 Å². The number of anilines is 2. The lowest BCUT2D eigenvalue weighted by atomic mass is 10.0. The van der Waals surface area contributed by atoms with Crippen LogP contribution in [0.4, 0.5) is 11.4 Å². The quantitative estimate of drug-likeness (QED) is 0.837. The van der Waals surface area contributed by atoms with Crippen LogP contribution in [0.5, 0.6) is 0 Å². The number of nitrogens with two attached hydrogens (primary N) is 1. The SMILES string of the molecule is CC1CN(C(C)C(=O)Nc2ccccc2N)CC(C)(C)O1. The first kappa shape index (κ1) is 15.8. The Balaban J connectivity index is 2.04. The van der Waals surface area contributed by atoms with Crippen LogP contribution in [0.25, 0.3) is 0 Å². The first-order valence-electron chi connectivity index (χ1n) is 7.36. The molecule has 3 N–H and O–H groups in total. The summed E-state index contributed by atoms with van der Waals surface area (Å²) in [7, 11) is 0. The first-order chi connectivity index (χ1) is 9.78. The summed E-state index contributed by atoms with van der Waals surface area (Å²) in [5.41, 5.74) is 6.87. The summed E-state index contributed by atoms with van der Waals surface area (Å²) in [5, 5.41) is 2.90. The summed E-state index contributed by atoms with van der Waals surface area (Å²) in [4.78, 5) is 14.6. The molecule has 0 saturated carbocycles. The zero-order valence-corrected chi connectivity index (χ0v) is 13.2. The van der Waals surface area contributed by atoms with E-state index in [1.54, 1.807) is 6.07 Å². The van der Waals surface area contributed by atoms with Crippen molar-refractivity contribution in [3.8, 4) is 0 Å². The third-order valence-corrected chi connectivity index (χ3v) is 3.74. The average Bonchev–Trinajstić information content (AvgIpc) is 2.38. The summed E-state index contributed by atoms with van der Waals surface area (Å²) in [6, 6.07) is 7.07. The van der Waals surface area contributed by atoms with E-state index >= 15 is 0 Å². The smallest absolute Gasteiger partial charge is 0.241 e. The number of morpholine rings is 1. The molecule has 1 aromatic carbocycles. The molecule has 1 aliphatic rings. The molecule has 0 radical (unpaired) electrons. The number of amides is 1. The Hall–Kier alpha value is -1.59. The molecule has 2 rings (SSSR count). The summed E-state index contributed by atoms with van der Waals surface area (Å²) >= 11 is 0. The van der Waals surface area contributed by atoms with Crippen molar-refractivity contribution in [1.29, 1.82) is 0 Å². The van der Waals surface area contributed by atoms with Crippen LogP contribution in [0.15, 0.2) is 24.3 Å². The van der Waals surface area contributed by atoms with Gasteiger partial charge in [-0.05, 0) is 39.8 Å². The molecule has 5 nitrogen and oxygen atoms in total. The van der Waals surface area contributed by atoms with E-state index < -0.39 is 0 Å². The summed E-state index contributed by atoms with van der Waals surface area (Å²) < 4.78 is 5.88. The maximum atomic E-state index is 12.4. The van der Waals surface area contributed by atoms with E-state index in [-0.39, 0.29) is 23.7 Å². The van der Waals surface area contributed by atoms with Gasteiger partial charge in [-0.3, -0.25) is 9.69 Å². The molecule has 1 fully saturated rings. The second kappa shape index (κ2) is 6.03. The molecule has 0 aromatic heterocycles. The van der Waals surface area contributed by atoms with Crippen molar-refractivity contribution < 1.29 is 9.53 Å². The number of nitrogen functional groups attached to an aromatic ring is 1. The number of carbonyl (C=O) groups excluding carboxylic acids is 1. The lowest BCUT2D eigenvalue weighted by Gasteiger charge is -2.43. The van der Waals surface area contributed by atoms with Crippen molar-refractivity contribution in [3.63, 3.8) is 0 Å². The van der Waals surface area contributed by atoms with Crippen LogP contribution >= 0.6 is 0 Å². The predicted octanol–water partition coefficient (Wildman–Crippen LogP) is 2.10. The van der Waals surface area contributed by atoms with E-state index in [0.29, 0.717) is 11.4 Å². The Labute approximate surface area is 126 Å². The van der Waals surface area contributed by atoms with E-state index in [4.69, 9.17) is 10.5 Å². The monoisotopic (exact) mass is 291 g/mol. The molecule has 21 heavy (non-hydrogen) atoms. The molecule has 5 heteroatoms. The molecule has 0 spiro atoms. The van der Waals surface area contributed by atoms with Crippen molar-refractivity contribution in [2.45, 2.75) is 45.4 Å². The average molecular weight is 291 g/mol. The summed E-state index contributed by atoms with van der Waals surface area (Å²) in [5.74, 6) is -0.0437. The molecule has 116 valence electrons. The van der Waals surface area contributed by atoms with Crippen LogP contribution in [-0.2, 0) is 9.53 Å². The molecule has 1 amide bonds. The van der Waals surface area contributed by atoms with Gasteiger partial charge in [0.05, 0.1) is 29.1 Å². The van der Waals surface area contributed by atoms with Gasteiger partial charge in [0.1, 0.15) is 0 Å². The van der Waals surface area contributed by atoms with Crippen LogP contribution in [0, 0.1) is 0 Å². The Kier molecular flexibility index (Phi) is 4.54. The molecule has 2 atom stereocenters. The van der Waals surface area contributed by atoms with E-state index in [0.717, 1.165) is 13.1 Å². The highest BCUT2D eigenvalue weighted by atomic mass is 16.5. The van der Waals surface area contributed by atoms with Gasteiger partial charge in [-0.25, -0.2) is 0 Å². The Morgan fingerprint density at radius 1 is 1.48 bits per heavy atom. The molecule has 1 heterocycles. The third-order valence-electron chi connectivity index (χ3n) is 3.74. The molecular formula is C16H25N3O2. The molecule has 0 aliphatic carbocycles. The maximum Gasteiger partial charge on any atom is 0.241 e. The minimum atomic E-state index is -0.238. The molecule has 0 bridgehead atoms. The number of hydrogen-bond acceptors (Lipinski definition) is 4. The molecule has 1 aliphatic heterocycles. The lowest BCUT2D eigenvalue weighted by molar-refractivity contribution is -0.145. The summed E-state index contributed by atoms with van der Waals surface area (Å²) in [6.45, 7) is 9.54. The minimum absolute atomic E-state index is 0.0437. The normalized spacial score (nSPS) is 23.5. The highest BCUT2D eigenvalue weighted by molar-refractivity contribution is 5.97. The van der Waals surface area contributed by atoms with Crippen LogP contribution in [0.3, 0.4) is 0 Å². The van der Waals surface area contributed by atoms with E-state index in [1.807, 2.05) is 32.0 Å². The second-order valence-corrected chi connectivity index (χ2v) is 6.37. The van der Waals surface area contributed by atoms with Gasteiger partial charge in [-0.15, -0.1) is 0 Å². The molecule has 1 aromatic rings. The van der Waals surface area contributed by atoms with E-state index in [9.17, 15) is 4.79 Å². The van der Waals surface area contributed by atoms with Gasteiger partial charge in [0.25, 0.3) is 0 Å². The molecular weight excluding hydrogens is 266 g/mol. The number of benzene rings is 1.